The lowest BCUT2D eigenvalue weighted by Crippen LogP contribution is -2.13. The molecule has 0 saturated carbocycles. The minimum atomic E-state index is -0.443. The van der Waals surface area contributed by atoms with Crippen molar-refractivity contribution in [2.75, 3.05) is 17.2 Å². The number of carbonyl (C=O) groups is 2. The highest BCUT2D eigenvalue weighted by atomic mass is 19.1. The Balaban J connectivity index is 1.69. The summed E-state index contributed by atoms with van der Waals surface area (Å²) < 4.78 is 18.0. The topological polar surface area (TPSA) is 93.2 Å². The fourth-order valence-corrected chi connectivity index (χ4v) is 2.37. The lowest BCUT2D eigenvalue weighted by molar-refractivity contribution is 0.0527. The van der Waals surface area contributed by atoms with Crippen molar-refractivity contribution in [2.45, 2.75) is 6.92 Å². The Labute approximate surface area is 160 Å². The Morgan fingerprint density at radius 2 is 1.64 bits per heavy atom. The molecule has 0 saturated heterocycles. The molecule has 3 rings (SSSR count). The number of nitrogens with zero attached hydrogens (tertiary/aromatic N) is 2. The molecule has 3 aromatic rings. The molecule has 7 nitrogen and oxygen atoms in total. The molecule has 0 atom stereocenters. The van der Waals surface area contributed by atoms with Crippen LogP contribution in [-0.2, 0) is 4.74 Å². The van der Waals surface area contributed by atoms with Crippen molar-refractivity contribution in [3.05, 3.63) is 77.6 Å². The van der Waals surface area contributed by atoms with E-state index >= 15 is 0 Å². The molecule has 1 aromatic heterocycles. The predicted octanol–water partition coefficient (Wildman–Crippen LogP) is 3.79. The minimum Gasteiger partial charge on any atom is -0.462 e. The number of aromatic nitrogens is 2. The maximum Gasteiger partial charge on any atom is 0.340 e. The first kappa shape index (κ1) is 19.0. The highest BCUT2D eigenvalue weighted by Gasteiger charge is 2.13. The molecular weight excluding hydrogens is 363 g/mol. The maximum absolute atomic E-state index is 12.9. The molecule has 1 heterocycles. The van der Waals surface area contributed by atoms with Crippen LogP contribution in [0.1, 0.15) is 27.6 Å². The second kappa shape index (κ2) is 8.72. The van der Waals surface area contributed by atoms with Crippen LogP contribution < -0.4 is 10.6 Å². The lowest BCUT2D eigenvalue weighted by atomic mass is 10.2. The quantitative estimate of drug-likeness (QED) is 0.632. The number of nitrogens with one attached hydrogen (secondary N) is 2. The third kappa shape index (κ3) is 4.67. The molecule has 2 N–H and O–H groups in total. The molecule has 0 radical (unpaired) electrons. The van der Waals surface area contributed by atoms with Crippen LogP contribution in [0.5, 0.6) is 0 Å². The molecule has 142 valence electrons. The first-order valence-corrected chi connectivity index (χ1v) is 8.50. The van der Waals surface area contributed by atoms with Gasteiger partial charge in [0.15, 0.2) is 11.6 Å². The van der Waals surface area contributed by atoms with E-state index in [2.05, 4.69) is 20.8 Å². The van der Waals surface area contributed by atoms with E-state index in [9.17, 15) is 14.0 Å². The number of ether oxygens (including phenoxy) is 1. The van der Waals surface area contributed by atoms with Gasteiger partial charge in [-0.05, 0) is 55.5 Å². The molecule has 0 aliphatic rings. The zero-order valence-corrected chi connectivity index (χ0v) is 15.0. The van der Waals surface area contributed by atoms with Crippen LogP contribution >= 0.6 is 0 Å². The molecule has 2 aromatic carbocycles. The van der Waals surface area contributed by atoms with Crippen molar-refractivity contribution < 1.29 is 18.7 Å². The molecule has 8 heteroatoms. The summed E-state index contributed by atoms with van der Waals surface area (Å²) in [7, 11) is 0. The highest BCUT2D eigenvalue weighted by Crippen LogP contribution is 2.20. The third-order valence-electron chi connectivity index (χ3n) is 3.70. The number of rotatable bonds is 6. The molecular formula is C20H17FN4O3. The normalized spacial score (nSPS) is 10.2. The fraction of sp³-hybridized carbons (Fsp3) is 0.100. The van der Waals surface area contributed by atoms with Crippen molar-refractivity contribution in [3.63, 3.8) is 0 Å². The van der Waals surface area contributed by atoms with E-state index in [0.29, 0.717) is 22.6 Å². The van der Waals surface area contributed by atoms with E-state index in [1.54, 1.807) is 43.3 Å². The Morgan fingerprint density at radius 1 is 0.964 bits per heavy atom. The largest absolute Gasteiger partial charge is 0.462 e. The average molecular weight is 380 g/mol. The van der Waals surface area contributed by atoms with Gasteiger partial charge in [0.1, 0.15) is 5.82 Å². The number of amides is 1. The minimum absolute atomic E-state index is 0.235. The maximum atomic E-state index is 12.9. The van der Waals surface area contributed by atoms with Gasteiger partial charge in [0.25, 0.3) is 5.91 Å². The summed E-state index contributed by atoms with van der Waals surface area (Å²) in [6.07, 6.45) is 0. The number of benzene rings is 2. The third-order valence-corrected chi connectivity index (χ3v) is 3.70. The van der Waals surface area contributed by atoms with Crippen LogP contribution in [-0.4, -0.2) is 28.7 Å². The summed E-state index contributed by atoms with van der Waals surface area (Å²) in [6.45, 7) is 2.01. The second-order valence-electron chi connectivity index (χ2n) is 5.66. The summed E-state index contributed by atoms with van der Waals surface area (Å²) in [6, 6.07) is 15.2. The summed E-state index contributed by atoms with van der Waals surface area (Å²) in [5.74, 6) is -0.672. The number of para-hydroxylation sites is 1. The Bertz CT molecular complexity index is 976. The van der Waals surface area contributed by atoms with Crippen LogP contribution in [0.2, 0.25) is 0 Å². The van der Waals surface area contributed by atoms with Gasteiger partial charge in [-0.3, -0.25) is 4.79 Å². The predicted molar refractivity (Wildman–Crippen MR) is 102 cm³/mol. The highest BCUT2D eigenvalue weighted by molar-refractivity contribution is 6.03. The van der Waals surface area contributed by atoms with E-state index in [1.807, 2.05) is 0 Å². The van der Waals surface area contributed by atoms with E-state index in [-0.39, 0.29) is 12.4 Å². The monoisotopic (exact) mass is 380 g/mol. The smallest absolute Gasteiger partial charge is 0.340 e. The Kier molecular flexibility index (Phi) is 5.91. The fourth-order valence-electron chi connectivity index (χ4n) is 2.37. The number of hydrogen-bond acceptors (Lipinski definition) is 6. The zero-order chi connectivity index (χ0) is 19.9. The molecule has 0 spiro atoms. The summed E-state index contributed by atoms with van der Waals surface area (Å²) in [4.78, 5) is 24.1. The number of halogens is 1. The van der Waals surface area contributed by atoms with Gasteiger partial charge in [-0.15, -0.1) is 10.2 Å². The van der Waals surface area contributed by atoms with Crippen LogP contribution in [0.25, 0.3) is 0 Å². The standard InChI is InChI=1S/C20H17FN4O3/c1-2-28-20(27)15-5-3-4-6-16(15)22-17-11-12-18(25-24-17)23-19(26)13-7-9-14(21)10-8-13/h3-12H,2H2,1H3,(H,22,24)(H,23,25,26). The van der Waals surface area contributed by atoms with Gasteiger partial charge in [-0.1, -0.05) is 12.1 Å². The molecule has 0 bridgehead atoms. The van der Waals surface area contributed by atoms with Crippen LogP contribution in [0.4, 0.5) is 21.7 Å². The number of esters is 1. The SMILES string of the molecule is CCOC(=O)c1ccccc1Nc1ccc(NC(=O)c2ccc(F)cc2)nn1. The molecule has 0 unspecified atom stereocenters. The van der Waals surface area contributed by atoms with E-state index < -0.39 is 17.7 Å². The van der Waals surface area contributed by atoms with Gasteiger partial charge < -0.3 is 15.4 Å². The van der Waals surface area contributed by atoms with Crippen LogP contribution in [0.15, 0.2) is 60.7 Å². The van der Waals surface area contributed by atoms with Gasteiger partial charge in [0.2, 0.25) is 0 Å². The molecule has 28 heavy (non-hydrogen) atoms. The van der Waals surface area contributed by atoms with Crippen molar-refractivity contribution in [3.8, 4) is 0 Å². The van der Waals surface area contributed by atoms with Crippen LogP contribution in [0, 0.1) is 5.82 Å². The van der Waals surface area contributed by atoms with Crippen molar-refractivity contribution >= 4 is 29.2 Å². The summed E-state index contributed by atoms with van der Waals surface area (Å²) in [5, 5.41) is 13.5. The lowest BCUT2D eigenvalue weighted by Gasteiger charge is -2.10. The van der Waals surface area contributed by atoms with Crippen molar-refractivity contribution in [1.82, 2.24) is 10.2 Å². The Hall–Kier alpha value is -3.81. The zero-order valence-electron chi connectivity index (χ0n) is 15.0. The van der Waals surface area contributed by atoms with Gasteiger partial charge in [0, 0.05) is 5.56 Å². The van der Waals surface area contributed by atoms with Gasteiger partial charge in [-0.2, -0.15) is 0 Å². The first-order valence-electron chi connectivity index (χ1n) is 8.50. The van der Waals surface area contributed by atoms with E-state index in [4.69, 9.17) is 4.74 Å². The Morgan fingerprint density at radius 3 is 2.32 bits per heavy atom. The molecule has 0 aliphatic carbocycles. The van der Waals surface area contributed by atoms with Crippen LogP contribution in [0.3, 0.4) is 0 Å². The first-order chi connectivity index (χ1) is 13.6. The van der Waals surface area contributed by atoms with E-state index in [0.717, 1.165) is 0 Å². The van der Waals surface area contributed by atoms with Crippen molar-refractivity contribution in [1.29, 1.82) is 0 Å². The van der Waals surface area contributed by atoms with E-state index in [1.165, 1.54) is 24.3 Å². The molecule has 0 aliphatic heterocycles. The van der Waals surface area contributed by atoms with Gasteiger partial charge in [-0.25, -0.2) is 9.18 Å². The number of carbonyl (C=O) groups excluding carboxylic acids is 2. The summed E-state index contributed by atoms with van der Waals surface area (Å²) >= 11 is 0. The van der Waals surface area contributed by atoms with Gasteiger partial charge in [0.05, 0.1) is 17.9 Å². The van der Waals surface area contributed by atoms with Crippen molar-refractivity contribution in [2.24, 2.45) is 0 Å². The van der Waals surface area contributed by atoms with Gasteiger partial charge >= 0.3 is 5.97 Å². The average Bonchev–Trinajstić information content (AvgIpc) is 2.70. The second-order valence-corrected chi connectivity index (χ2v) is 5.66. The number of hydrogen-bond donors (Lipinski definition) is 2. The summed E-state index contributed by atoms with van der Waals surface area (Å²) in [5.41, 5.74) is 1.20. The number of anilines is 3. The molecule has 1 amide bonds. The molecule has 0 fully saturated rings.